The van der Waals surface area contributed by atoms with E-state index in [1.54, 1.807) is 18.2 Å². The lowest BCUT2D eigenvalue weighted by Crippen LogP contribution is -2.35. The second kappa shape index (κ2) is 10.9. The molecule has 4 aromatic rings. The summed E-state index contributed by atoms with van der Waals surface area (Å²) in [4.78, 5) is 28.4. The van der Waals surface area contributed by atoms with E-state index < -0.39 is 35.8 Å². The maximum Gasteiger partial charge on any atom is 0.325 e. The molecule has 3 aromatic carbocycles. The van der Waals surface area contributed by atoms with Crippen LogP contribution in [0.5, 0.6) is 23.0 Å². The number of hydrogen-bond donors (Lipinski definition) is 2. The number of benzene rings is 3. The normalized spacial score (nSPS) is 10.6. The molecule has 0 aliphatic heterocycles. The van der Waals surface area contributed by atoms with Crippen LogP contribution in [0.25, 0.3) is 10.9 Å². The monoisotopic (exact) mass is 511 g/mol. The highest BCUT2D eigenvalue weighted by Gasteiger charge is 2.15. The Labute approximate surface area is 209 Å². The lowest BCUT2D eigenvalue weighted by Gasteiger charge is -2.13. The van der Waals surface area contributed by atoms with Gasteiger partial charge in [0, 0.05) is 29.3 Å². The number of nitrogens with zero attached hydrogens (tertiary/aromatic N) is 1. The first-order valence-corrected chi connectivity index (χ1v) is 10.8. The number of aromatic nitrogens is 1. The molecule has 0 bridgehead atoms. The molecule has 0 saturated carbocycles. The highest BCUT2D eigenvalue weighted by Crippen LogP contribution is 2.37. The van der Waals surface area contributed by atoms with Gasteiger partial charge in [0.05, 0.1) is 31.8 Å². The molecule has 2 N–H and O–H groups in total. The van der Waals surface area contributed by atoms with E-state index in [1.165, 1.54) is 32.5 Å². The van der Waals surface area contributed by atoms with Gasteiger partial charge >= 0.3 is 6.03 Å². The molecule has 8 nitrogen and oxygen atoms in total. The maximum absolute atomic E-state index is 14.7. The van der Waals surface area contributed by atoms with Crippen molar-refractivity contribution in [2.45, 2.75) is 6.42 Å². The summed E-state index contributed by atoms with van der Waals surface area (Å²) in [6.45, 7) is 0. The molecule has 3 amide bonds. The van der Waals surface area contributed by atoms with E-state index >= 15 is 0 Å². The summed E-state index contributed by atoms with van der Waals surface area (Å²) >= 11 is 0. The van der Waals surface area contributed by atoms with E-state index in [1.807, 2.05) is 5.32 Å². The molecule has 37 heavy (non-hydrogen) atoms. The van der Waals surface area contributed by atoms with E-state index in [0.717, 1.165) is 24.3 Å². The Morgan fingerprint density at radius 3 is 2.35 bits per heavy atom. The van der Waals surface area contributed by atoms with Gasteiger partial charge < -0.3 is 19.5 Å². The quantitative estimate of drug-likeness (QED) is 0.347. The number of methoxy groups -OCH3 is 2. The van der Waals surface area contributed by atoms with Gasteiger partial charge in [-0.05, 0) is 42.5 Å². The summed E-state index contributed by atoms with van der Waals surface area (Å²) < 4.78 is 58.1. The Bertz CT molecular complexity index is 1500. The molecule has 0 spiro atoms. The van der Waals surface area contributed by atoms with Crippen LogP contribution in [0.1, 0.15) is 5.56 Å². The molecule has 0 radical (unpaired) electrons. The average Bonchev–Trinajstić information content (AvgIpc) is 2.87. The largest absolute Gasteiger partial charge is 0.493 e. The number of carbonyl (C=O) groups is 2. The van der Waals surface area contributed by atoms with Crippen molar-refractivity contribution in [1.82, 2.24) is 10.3 Å². The number of imide groups is 1. The van der Waals surface area contributed by atoms with Crippen molar-refractivity contribution in [2.75, 3.05) is 19.5 Å². The molecule has 0 aliphatic rings. The van der Waals surface area contributed by atoms with E-state index in [2.05, 4.69) is 10.3 Å². The third kappa shape index (κ3) is 5.89. The van der Waals surface area contributed by atoms with E-state index in [-0.39, 0.29) is 17.0 Å². The Balaban J connectivity index is 1.44. The molecule has 1 aromatic heterocycles. The average molecular weight is 511 g/mol. The molecule has 0 fully saturated rings. The number of anilines is 1. The van der Waals surface area contributed by atoms with Gasteiger partial charge in [-0.25, -0.2) is 18.0 Å². The number of nitrogens with one attached hydrogen (secondary N) is 2. The summed E-state index contributed by atoms with van der Waals surface area (Å²) in [7, 11) is 2.99. The summed E-state index contributed by atoms with van der Waals surface area (Å²) in [5.41, 5.74) is 0.103. The third-order valence-corrected chi connectivity index (χ3v) is 5.24. The number of amides is 3. The van der Waals surface area contributed by atoms with Crippen LogP contribution in [0.4, 0.5) is 23.7 Å². The first-order chi connectivity index (χ1) is 17.8. The second-order valence-electron chi connectivity index (χ2n) is 7.69. The molecule has 0 saturated heterocycles. The fourth-order valence-corrected chi connectivity index (χ4v) is 3.50. The van der Waals surface area contributed by atoms with Crippen molar-refractivity contribution in [3.8, 4) is 23.0 Å². The highest BCUT2D eigenvalue weighted by atomic mass is 19.1. The Morgan fingerprint density at radius 1 is 0.865 bits per heavy atom. The minimum absolute atomic E-state index is 0.128. The summed E-state index contributed by atoms with van der Waals surface area (Å²) in [6.07, 6.45) is 0.940. The van der Waals surface area contributed by atoms with Crippen LogP contribution in [0.3, 0.4) is 0 Å². The molecule has 0 atom stereocenters. The number of hydrogen-bond acceptors (Lipinski definition) is 6. The summed E-state index contributed by atoms with van der Waals surface area (Å²) in [5, 5.41) is 4.73. The first kappa shape index (κ1) is 25.3. The Morgan fingerprint density at radius 2 is 1.62 bits per heavy atom. The van der Waals surface area contributed by atoms with Gasteiger partial charge in [-0.2, -0.15) is 0 Å². The molecule has 11 heteroatoms. The van der Waals surface area contributed by atoms with Crippen molar-refractivity contribution >= 4 is 28.5 Å². The van der Waals surface area contributed by atoms with Crippen LogP contribution in [-0.2, 0) is 11.2 Å². The third-order valence-electron chi connectivity index (χ3n) is 5.24. The van der Waals surface area contributed by atoms with Crippen LogP contribution in [0, 0.1) is 17.5 Å². The number of carbonyl (C=O) groups excluding carboxylic acids is 2. The topological polar surface area (TPSA) is 98.8 Å². The Kier molecular flexibility index (Phi) is 7.42. The summed E-state index contributed by atoms with van der Waals surface area (Å²) in [6, 6.07) is 10.2. The molecular weight excluding hydrogens is 491 g/mol. The number of urea groups is 1. The van der Waals surface area contributed by atoms with Gasteiger partial charge in [0.1, 0.15) is 29.0 Å². The maximum atomic E-state index is 14.7. The van der Waals surface area contributed by atoms with Gasteiger partial charge in [-0.15, -0.1) is 0 Å². The number of halogens is 3. The predicted octanol–water partition coefficient (Wildman–Crippen LogP) is 5.35. The molecule has 4 rings (SSSR count). The van der Waals surface area contributed by atoms with Gasteiger partial charge in [0.2, 0.25) is 5.91 Å². The standard InChI is InChI=1S/C26H20F3N3O5/c1-35-23-12-17-21(13-24(23)36-2)30-8-7-22(17)37-16-4-6-20(19(29)11-16)31-26(34)32-25(33)10-14-9-15(27)3-5-18(14)28/h3-9,11-13H,10H2,1-2H3,(H2,31,32,33,34). The van der Waals surface area contributed by atoms with Crippen LogP contribution < -0.4 is 24.8 Å². The SMILES string of the molecule is COc1cc2nccc(Oc3ccc(NC(=O)NC(=O)Cc4cc(F)ccc4F)c(F)c3)c2cc1OC. The zero-order valence-corrected chi connectivity index (χ0v) is 19.6. The molecular formula is C26H20F3N3O5. The Hall–Kier alpha value is -4.80. The predicted molar refractivity (Wildman–Crippen MR) is 129 cm³/mol. The smallest absolute Gasteiger partial charge is 0.325 e. The zero-order chi connectivity index (χ0) is 26.5. The van der Waals surface area contributed by atoms with Gasteiger partial charge in [-0.1, -0.05) is 0 Å². The van der Waals surface area contributed by atoms with Crippen LogP contribution in [0.15, 0.2) is 60.8 Å². The zero-order valence-electron chi connectivity index (χ0n) is 19.6. The highest BCUT2D eigenvalue weighted by molar-refractivity contribution is 6.01. The van der Waals surface area contributed by atoms with E-state index in [9.17, 15) is 22.8 Å². The minimum Gasteiger partial charge on any atom is -0.493 e. The lowest BCUT2D eigenvalue weighted by atomic mass is 10.1. The van der Waals surface area contributed by atoms with E-state index in [0.29, 0.717) is 28.2 Å². The fraction of sp³-hybridized carbons (Fsp3) is 0.115. The summed E-state index contributed by atoms with van der Waals surface area (Å²) in [5.74, 6) is -1.82. The first-order valence-electron chi connectivity index (χ1n) is 10.8. The van der Waals surface area contributed by atoms with Crippen molar-refractivity contribution < 1.29 is 37.0 Å². The molecule has 0 unspecified atom stereocenters. The number of pyridine rings is 1. The van der Waals surface area contributed by atoms with E-state index in [4.69, 9.17) is 14.2 Å². The van der Waals surface area contributed by atoms with Crippen LogP contribution in [-0.4, -0.2) is 31.1 Å². The molecule has 0 aliphatic carbocycles. The number of rotatable bonds is 7. The van der Waals surface area contributed by atoms with Crippen molar-refractivity contribution in [1.29, 1.82) is 0 Å². The van der Waals surface area contributed by atoms with Gasteiger partial charge in [0.15, 0.2) is 11.5 Å². The second-order valence-corrected chi connectivity index (χ2v) is 7.69. The van der Waals surface area contributed by atoms with Crippen molar-refractivity contribution in [2.24, 2.45) is 0 Å². The number of fused-ring (bicyclic) bond motifs is 1. The van der Waals surface area contributed by atoms with Crippen LogP contribution in [0.2, 0.25) is 0 Å². The fourth-order valence-electron chi connectivity index (χ4n) is 3.50. The molecule has 190 valence electrons. The van der Waals surface area contributed by atoms with Gasteiger partial charge in [0.25, 0.3) is 0 Å². The van der Waals surface area contributed by atoms with Crippen LogP contribution >= 0.6 is 0 Å². The lowest BCUT2D eigenvalue weighted by molar-refractivity contribution is -0.119. The van der Waals surface area contributed by atoms with Crippen molar-refractivity contribution in [3.63, 3.8) is 0 Å². The number of ether oxygens (including phenoxy) is 3. The minimum atomic E-state index is -1.05. The van der Waals surface area contributed by atoms with Crippen molar-refractivity contribution in [3.05, 3.63) is 83.8 Å². The van der Waals surface area contributed by atoms with Gasteiger partial charge in [-0.3, -0.25) is 15.1 Å². The molecule has 1 heterocycles.